The van der Waals surface area contributed by atoms with Gasteiger partial charge < -0.3 is 17.2 Å². The highest BCUT2D eigenvalue weighted by Crippen LogP contribution is 2.36. The van der Waals surface area contributed by atoms with E-state index in [1.807, 2.05) is 32.0 Å². The highest BCUT2D eigenvalue weighted by molar-refractivity contribution is 6.09. The normalized spacial score (nSPS) is 10.8. The summed E-state index contributed by atoms with van der Waals surface area (Å²) in [7, 11) is 0. The molecule has 0 aliphatic heterocycles. The lowest BCUT2D eigenvalue weighted by Gasteiger charge is -2.14. The molecular formula is C12H15N3. The van der Waals surface area contributed by atoms with Crippen molar-refractivity contribution in [2.75, 3.05) is 17.2 Å². The van der Waals surface area contributed by atoms with Crippen LogP contribution in [0.5, 0.6) is 0 Å². The molecule has 0 spiro atoms. The Morgan fingerprint density at radius 1 is 0.867 bits per heavy atom. The number of nitrogen functional groups attached to an aromatic ring is 3. The van der Waals surface area contributed by atoms with Crippen LogP contribution in [0.2, 0.25) is 0 Å². The number of rotatable bonds is 0. The Balaban J connectivity index is 3.08. The minimum atomic E-state index is 0.680. The Morgan fingerprint density at radius 3 is 2.13 bits per heavy atom. The van der Waals surface area contributed by atoms with Crippen LogP contribution in [0.1, 0.15) is 11.1 Å². The van der Waals surface area contributed by atoms with E-state index in [1.54, 1.807) is 0 Å². The van der Waals surface area contributed by atoms with Crippen LogP contribution in [-0.2, 0) is 0 Å². The third-order valence-electron chi connectivity index (χ3n) is 3.03. The van der Waals surface area contributed by atoms with Gasteiger partial charge in [0.05, 0.1) is 0 Å². The van der Waals surface area contributed by atoms with E-state index in [0.29, 0.717) is 5.69 Å². The molecule has 3 heteroatoms. The second-order valence-corrected chi connectivity index (χ2v) is 3.85. The molecule has 0 aliphatic carbocycles. The molecule has 0 saturated heterocycles. The summed E-state index contributed by atoms with van der Waals surface area (Å²) >= 11 is 0. The van der Waals surface area contributed by atoms with Gasteiger partial charge in [-0.25, -0.2) is 0 Å². The first-order chi connectivity index (χ1) is 7.04. The summed E-state index contributed by atoms with van der Waals surface area (Å²) in [6.45, 7) is 3.94. The molecule has 6 N–H and O–H groups in total. The first-order valence-corrected chi connectivity index (χ1v) is 4.86. The SMILES string of the molecule is Cc1c(C)c(N)c2c(N)cccc2c1N. The lowest BCUT2D eigenvalue weighted by Crippen LogP contribution is -2.02. The highest BCUT2D eigenvalue weighted by atomic mass is 14.6. The zero-order valence-corrected chi connectivity index (χ0v) is 8.96. The zero-order chi connectivity index (χ0) is 11.2. The fourth-order valence-electron chi connectivity index (χ4n) is 1.89. The molecule has 0 amide bonds. The molecular weight excluding hydrogens is 186 g/mol. The standard InChI is InChI=1S/C12H15N3/c1-6-7(2)12(15)10-8(11(6)14)4-3-5-9(10)13/h3-5H,13-15H2,1-2H3. The van der Waals surface area contributed by atoms with Gasteiger partial charge in [0.2, 0.25) is 0 Å². The number of benzene rings is 2. The summed E-state index contributed by atoms with van der Waals surface area (Å²) in [6.07, 6.45) is 0. The molecule has 0 bridgehead atoms. The van der Waals surface area contributed by atoms with Gasteiger partial charge in [0.1, 0.15) is 0 Å². The molecule has 2 rings (SSSR count). The van der Waals surface area contributed by atoms with Gasteiger partial charge in [0.25, 0.3) is 0 Å². The maximum Gasteiger partial charge on any atom is 0.0448 e. The average molecular weight is 201 g/mol. The van der Waals surface area contributed by atoms with Crippen LogP contribution in [0.3, 0.4) is 0 Å². The van der Waals surface area contributed by atoms with Crippen molar-refractivity contribution in [1.82, 2.24) is 0 Å². The Morgan fingerprint density at radius 2 is 1.47 bits per heavy atom. The summed E-state index contributed by atoms with van der Waals surface area (Å²) in [4.78, 5) is 0. The number of anilines is 3. The number of fused-ring (bicyclic) bond motifs is 1. The molecule has 15 heavy (non-hydrogen) atoms. The van der Waals surface area contributed by atoms with E-state index in [1.165, 1.54) is 0 Å². The van der Waals surface area contributed by atoms with Gasteiger partial charge in [-0.2, -0.15) is 0 Å². The molecule has 0 aliphatic rings. The monoisotopic (exact) mass is 201 g/mol. The van der Waals surface area contributed by atoms with Gasteiger partial charge in [0, 0.05) is 27.8 Å². The second kappa shape index (κ2) is 3.05. The molecule has 0 unspecified atom stereocenters. The lowest BCUT2D eigenvalue weighted by molar-refractivity contribution is 1.37. The third kappa shape index (κ3) is 1.20. The Hall–Kier alpha value is -1.90. The summed E-state index contributed by atoms with van der Waals surface area (Å²) in [6, 6.07) is 5.68. The van der Waals surface area contributed by atoms with Crippen LogP contribution >= 0.6 is 0 Å². The fraction of sp³-hybridized carbons (Fsp3) is 0.167. The molecule has 0 radical (unpaired) electrons. The van der Waals surface area contributed by atoms with Crippen LogP contribution in [0, 0.1) is 13.8 Å². The molecule has 2 aromatic carbocycles. The van der Waals surface area contributed by atoms with E-state index in [-0.39, 0.29) is 0 Å². The topological polar surface area (TPSA) is 78.1 Å². The van der Waals surface area contributed by atoms with Crippen molar-refractivity contribution in [2.45, 2.75) is 13.8 Å². The Labute approximate surface area is 88.9 Å². The molecule has 0 fully saturated rings. The number of hydrogen-bond acceptors (Lipinski definition) is 3. The molecule has 78 valence electrons. The van der Waals surface area contributed by atoms with Crippen molar-refractivity contribution in [2.24, 2.45) is 0 Å². The first kappa shape index (κ1) is 9.65. The van der Waals surface area contributed by atoms with Gasteiger partial charge in [-0.1, -0.05) is 12.1 Å². The van der Waals surface area contributed by atoms with Gasteiger partial charge in [-0.15, -0.1) is 0 Å². The quantitative estimate of drug-likeness (QED) is 0.572. The van der Waals surface area contributed by atoms with E-state index >= 15 is 0 Å². The van der Waals surface area contributed by atoms with Gasteiger partial charge in [0.15, 0.2) is 0 Å². The van der Waals surface area contributed by atoms with Crippen molar-refractivity contribution >= 4 is 27.8 Å². The molecule has 3 nitrogen and oxygen atoms in total. The van der Waals surface area contributed by atoms with Crippen LogP contribution in [-0.4, -0.2) is 0 Å². The second-order valence-electron chi connectivity index (χ2n) is 3.85. The summed E-state index contributed by atoms with van der Waals surface area (Å²) in [5.41, 5.74) is 22.2. The van der Waals surface area contributed by atoms with E-state index in [0.717, 1.165) is 33.3 Å². The van der Waals surface area contributed by atoms with E-state index in [2.05, 4.69) is 0 Å². The van der Waals surface area contributed by atoms with E-state index in [4.69, 9.17) is 17.2 Å². The molecule has 0 atom stereocenters. The van der Waals surface area contributed by atoms with Crippen molar-refractivity contribution in [3.63, 3.8) is 0 Å². The van der Waals surface area contributed by atoms with Crippen LogP contribution in [0.4, 0.5) is 17.1 Å². The summed E-state index contributed by atoms with van der Waals surface area (Å²) in [5.74, 6) is 0. The molecule has 0 aromatic heterocycles. The molecule has 0 saturated carbocycles. The summed E-state index contributed by atoms with van der Waals surface area (Å²) < 4.78 is 0. The van der Waals surface area contributed by atoms with Gasteiger partial charge in [-0.3, -0.25) is 0 Å². The molecule has 0 heterocycles. The Bertz CT molecular complexity index is 544. The number of hydrogen-bond donors (Lipinski definition) is 3. The maximum atomic E-state index is 6.05. The number of nitrogens with two attached hydrogens (primary N) is 3. The van der Waals surface area contributed by atoms with Crippen molar-refractivity contribution in [3.8, 4) is 0 Å². The van der Waals surface area contributed by atoms with E-state index in [9.17, 15) is 0 Å². The largest absolute Gasteiger partial charge is 0.398 e. The van der Waals surface area contributed by atoms with Crippen molar-refractivity contribution in [1.29, 1.82) is 0 Å². The first-order valence-electron chi connectivity index (χ1n) is 4.86. The smallest absolute Gasteiger partial charge is 0.0448 e. The van der Waals surface area contributed by atoms with Gasteiger partial charge in [-0.05, 0) is 31.0 Å². The maximum absolute atomic E-state index is 6.05. The Kier molecular flexibility index (Phi) is 1.96. The lowest BCUT2D eigenvalue weighted by atomic mass is 9.97. The van der Waals surface area contributed by atoms with Crippen LogP contribution < -0.4 is 17.2 Å². The minimum Gasteiger partial charge on any atom is -0.398 e. The van der Waals surface area contributed by atoms with Crippen molar-refractivity contribution in [3.05, 3.63) is 29.3 Å². The fourth-order valence-corrected chi connectivity index (χ4v) is 1.89. The predicted molar refractivity (Wildman–Crippen MR) is 66.7 cm³/mol. The average Bonchev–Trinajstić information content (AvgIpc) is 2.23. The third-order valence-corrected chi connectivity index (χ3v) is 3.03. The minimum absolute atomic E-state index is 0.680. The van der Waals surface area contributed by atoms with Crippen LogP contribution in [0.15, 0.2) is 18.2 Å². The zero-order valence-electron chi connectivity index (χ0n) is 8.96. The van der Waals surface area contributed by atoms with E-state index < -0.39 is 0 Å². The predicted octanol–water partition coefficient (Wildman–Crippen LogP) is 2.20. The van der Waals surface area contributed by atoms with Crippen LogP contribution in [0.25, 0.3) is 10.8 Å². The molecule has 2 aromatic rings. The highest BCUT2D eigenvalue weighted by Gasteiger charge is 2.11. The van der Waals surface area contributed by atoms with Gasteiger partial charge >= 0.3 is 0 Å². The summed E-state index contributed by atoms with van der Waals surface area (Å²) in [5, 5.41) is 1.81. The van der Waals surface area contributed by atoms with Crippen molar-refractivity contribution < 1.29 is 0 Å².